The molecule has 0 aliphatic heterocycles. The third-order valence-electron chi connectivity index (χ3n) is 2.14. The van der Waals surface area contributed by atoms with E-state index < -0.39 is 17.2 Å². The van der Waals surface area contributed by atoms with Gasteiger partial charge in [-0.05, 0) is 30.7 Å². The Balaban J connectivity index is 2.36. The molecule has 8 heteroatoms. The van der Waals surface area contributed by atoms with E-state index in [1.165, 1.54) is 6.20 Å². The number of rotatable bonds is 2. The highest BCUT2D eigenvalue weighted by molar-refractivity contribution is 6.28. The lowest BCUT2D eigenvalue weighted by molar-refractivity contribution is -0.141. The molecule has 2 heterocycles. The maximum atomic E-state index is 12.5. The summed E-state index contributed by atoms with van der Waals surface area (Å²) in [6, 6.07) is 3.83. The Kier molecular flexibility index (Phi) is 3.57. The molecule has 0 unspecified atom stereocenters. The van der Waals surface area contributed by atoms with Crippen molar-refractivity contribution in [2.24, 2.45) is 0 Å². The van der Waals surface area contributed by atoms with E-state index >= 15 is 0 Å². The van der Waals surface area contributed by atoms with Crippen LogP contribution in [0.4, 0.5) is 13.2 Å². The summed E-state index contributed by atoms with van der Waals surface area (Å²) < 4.78 is 42.9. The summed E-state index contributed by atoms with van der Waals surface area (Å²) in [4.78, 5) is 10.6. The van der Waals surface area contributed by atoms with Gasteiger partial charge in [-0.2, -0.15) is 18.2 Å². The number of alkyl halides is 3. The van der Waals surface area contributed by atoms with E-state index in [4.69, 9.17) is 16.3 Å². The quantitative estimate of drug-likeness (QED) is 0.792. The van der Waals surface area contributed by atoms with Gasteiger partial charge < -0.3 is 4.74 Å². The second-order valence-corrected chi connectivity index (χ2v) is 3.89. The van der Waals surface area contributed by atoms with E-state index in [1.807, 2.05) is 0 Å². The van der Waals surface area contributed by atoms with Crippen molar-refractivity contribution in [3.63, 3.8) is 0 Å². The summed E-state index contributed by atoms with van der Waals surface area (Å²) in [5, 5.41) is -0.536. The van der Waals surface area contributed by atoms with Gasteiger partial charge in [-0.25, -0.2) is 4.98 Å². The van der Waals surface area contributed by atoms with Gasteiger partial charge in [0.15, 0.2) is 11.4 Å². The van der Waals surface area contributed by atoms with Crippen LogP contribution in [0.25, 0.3) is 0 Å². The van der Waals surface area contributed by atoms with E-state index in [2.05, 4.69) is 15.0 Å². The molecule has 0 aliphatic rings. The first-order chi connectivity index (χ1) is 8.86. The molecule has 100 valence electrons. The topological polar surface area (TPSA) is 47.9 Å². The van der Waals surface area contributed by atoms with Gasteiger partial charge in [0.1, 0.15) is 0 Å². The Morgan fingerprint density at radius 3 is 2.63 bits per heavy atom. The number of hydrogen-bond acceptors (Lipinski definition) is 4. The SMILES string of the molecule is Cc1ncccc1Oc1cc(C(F)(F)F)nc(Cl)n1. The molecule has 19 heavy (non-hydrogen) atoms. The van der Waals surface area contributed by atoms with Crippen LogP contribution in [0.1, 0.15) is 11.4 Å². The van der Waals surface area contributed by atoms with Crippen LogP contribution in [0.15, 0.2) is 24.4 Å². The second kappa shape index (κ2) is 5.00. The van der Waals surface area contributed by atoms with Crippen molar-refractivity contribution in [3.8, 4) is 11.6 Å². The summed E-state index contributed by atoms with van der Waals surface area (Å²) in [5.74, 6) is 0.00816. The molecule has 0 saturated heterocycles. The zero-order valence-electron chi connectivity index (χ0n) is 9.57. The van der Waals surface area contributed by atoms with Crippen molar-refractivity contribution in [2.75, 3.05) is 0 Å². The van der Waals surface area contributed by atoms with Gasteiger partial charge in [0.05, 0.1) is 5.69 Å². The molecule has 0 bridgehead atoms. The molecule has 2 rings (SSSR count). The van der Waals surface area contributed by atoms with Crippen LogP contribution < -0.4 is 4.74 Å². The highest BCUT2D eigenvalue weighted by Crippen LogP contribution is 2.31. The molecular formula is C11H7ClF3N3O. The van der Waals surface area contributed by atoms with E-state index in [1.54, 1.807) is 19.1 Å². The number of ether oxygens (including phenoxy) is 1. The van der Waals surface area contributed by atoms with Crippen LogP contribution >= 0.6 is 11.6 Å². The average Bonchev–Trinajstić information content (AvgIpc) is 2.30. The number of nitrogens with zero attached hydrogens (tertiary/aromatic N) is 3. The van der Waals surface area contributed by atoms with E-state index in [0.29, 0.717) is 17.5 Å². The molecule has 2 aromatic rings. The first kappa shape index (κ1) is 13.5. The monoisotopic (exact) mass is 289 g/mol. The minimum atomic E-state index is -4.62. The summed E-state index contributed by atoms with van der Waals surface area (Å²) in [5.41, 5.74) is -0.644. The Labute approximate surface area is 111 Å². The van der Waals surface area contributed by atoms with E-state index in [0.717, 1.165) is 0 Å². The molecule has 0 radical (unpaired) electrons. The Hall–Kier alpha value is -1.89. The highest BCUT2D eigenvalue weighted by atomic mass is 35.5. The molecule has 4 nitrogen and oxygen atoms in total. The van der Waals surface area contributed by atoms with Crippen molar-refractivity contribution < 1.29 is 17.9 Å². The van der Waals surface area contributed by atoms with Crippen molar-refractivity contribution in [3.05, 3.63) is 41.1 Å². The number of aryl methyl sites for hydroxylation is 1. The minimum Gasteiger partial charge on any atom is -0.437 e. The van der Waals surface area contributed by atoms with Crippen LogP contribution in [-0.4, -0.2) is 15.0 Å². The molecule has 0 spiro atoms. The molecule has 0 aromatic carbocycles. The maximum Gasteiger partial charge on any atom is 0.433 e. The van der Waals surface area contributed by atoms with Gasteiger partial charge in [-0.3, -0.25) is 4.98 Å². The predicted molar refractivity (Wildman–Crippen MR) is 61.1 cm³/mol. The summed E-state index contributed by atoms with van der Waals surface area (Å²) in [7, 11) is 0. The van der Waals surface area contributed by atoms with Crippen LogP contribution in [-0.2, 0) is 6.18 Å². The second-order valence-electron chi connectivity index (χ2n) is 3.55. The molecule has 0 atom stereocenters. The first-order valence-corrected chi connectivity index (χ1v) is 5.45. The van der Waals surface area contributed by atoms with Crippen LogP contribution in [0, 0.1) is 6.92 Å². The van der Waals surface area contributed by atoms with Crippen molar-refractivity contribution in [1.82, 2.24) is 15.0 Å². The smallest absolute Gasteiger partial charge is 0.433 e. The minimum absolute atomic E-state index is 0.288. The fraction of sp³-hybridized carbons (Fsp3) is 0.182. The highest BCUT2D eigenvalue weighted by Gasteiger charge is 2.34. The zero-order chi connectivity index (χ0) is 14.0. The van der Waals surface area contributed by atoms with E-state index in [-0.39, 0.29) is 5.88 Å². The van der Waals surface area contributed by atoms with Crippen LogP contribution in [0.3, 0.4) is 0 Å². The fourth-order valence-corrected chi connectivity index (χ4v) is 1.46. The largest absolute Gasteiger partial charge is 0.437 e. The van der Waals surface area contributed by atoms with Gasteiger partial charge in [-0.1, -0.05) is 0 Å². The standard InChI is InChI=1S/C11H7ClF3N3O/c1-6-7(3-2-4-16-6)19-9-5-8(11(13,14)15)17-10(12)18-9/h2-5H,1H3. The number of pyridine rings is 1. The third kappa shape index (κ3) is 3.31. The third-order valence-corrected chi connectivity index (χ3v) is 2.31. The Morgan fingerprint density at radius 2 is 2.00 bits per heavy atom. The van der Waals surface area contributed by atoms with Crippen LogP contribution in [0.5, 0.6) is 11.6 Å². The van der Waals surface area contributed by atoms with E-state index in [9.17, 15) is 13.2 Å². The number of halogens is 4. The summed E-state index contributed by atoms with van der Waals surface area (Å²) in [6.07, 6.45) is -3.08. The summed E-state index contributed by atoms with van der Waals surface area (Å²) >= 11 is 5.44. The van der Waals surface area contributed by atoms with Gasteiger partial charge in [0.25, 0.3) is 0 Å². The molecular weight excluding hydrogens is 283 g/mol. The molecule has 0 saturated carbocycles. The summed E-state index contributed by atoms with van der Waals surface area (Å²) in [6.45, 7) is 1.66. The first-order valence-electron chi connectivity index (χ1n) is 5.07. The van der Waals surface area contributed by atoms with Gasteiger partial charge in [-0.15, -0.1) is 0 Å². The molecule has 2 aromatic heterocycles. The maximum absolute atomic E-state index is 12.5. The number of aromatic nitrogens is 3. The van der Waals surface area contributed by atoms with Crippen molar-refractivity contribution >= 4 is 11.6 Å². The lowest BCUT2D eigenvalue weighted by atomic mass is 10.3. The lowest BCUT2D eigenvalue weighted by Gasteiger charge is -2.10. The predicted octanol–water partition coefficient (Wildman–Crippen LogP) is 3.64. The molecule has 0 aliphatic carbocycles. The van der Waals surface area contributed by atoms with Crippen LogP contribution in [0.2, 0.25) is 5.28 Å². The molecule has 0 amide bonds. The normalized spacial score (nSPS) is 11.4. The average molecular weight is 290 g/mol. The Morgan fingerprint density at radius 1 is 1.26 bits per heavy atom. The fourth-order valence-electron chi connectivity index (χ4n) is 1.28. The molecule has 0 fully saturated rings. The lowest BCUT2D eigenvalue weighted by Crippen LogP contribution is -2.09. The van der Waals surface area contributed by atoms with Gasteiger partial charge >= 0.3 is 6.18 Å². The Bertz CT molecular complexity index is 604. The van der Waals surface area contributed by atoms with Crippen molar-refractivity contribution in [1.29, 1.82) is 0 Å². The zero-order valence-corrected chi connectivity index (χ0v) is 10.3. The van der Waals surface area contributed by atoms with Gasteiger partial charge in [0.2, 0.25) is 11.2 Å². The van der Waals surface area contributed by atoms with Crippen molar-refractivity contribution in [2.45, 2.75) is 13.1 Å². The molecule has 0 N–H and O–H groups in total. The van der Waals surface area contributed by atoms with Gasteiger partial charge in [0, 0.05) is 12.3 Å². The number of hydrogen-bond donors (Lipinski definition) is 0.